The highest BCUT2D eigenvalue weighted by Crippen LogP contribution is 2.47. The molecule has 8 heteroatoms. The molecule has 0 radical (unpaired) electrons. The lowest BCUT2D eigenvalue weighted by Crippen LogP contribution is -2.13. The molecule has 7 nitrogen and oxygen atoms in total. The molecule has 3 aromatic heterocycles. The lowest BCUT2D eigenvalue weighted by Gasteiger charge is -2.26. The van der Waals surface area contributed by atoms with Gasteiger partial charge in [0.2, 0.25) is 0 Å². The summed E-state index contributed by atoms with van der Waals surface area (Å²) >= 11 is 0. The Labute approximate surface area is 197 Å². The molecule has 6 rings (SSSR count). The Hall–Kier alpha value is -3.68. The van der Waals surface area contributed by atoms with Crippen molar-refractivity contribution in [2.75, 3.05) is 5.73 Å². The maximum absolute atomic E-state index is 14.4. The molecule has 0 saturated heterocycles. The molecule has 0 fully saturated rings. The van der Waals surface area contributed by atoms with E-state index in [0.29, 0.717) is 11.6 Å². The summed E-state index contributed by atoms with van der Waals surface area (Å²) in [5.41, 5.74) is 14.1. The Morgan fingerprint density at radius 1 is 1.21 bits per heavy atom. The minimum absolute atomic E-state index is 0.123. The molecular formula is C26H27FN6O. The number of hydrogen-bond acceptors (Lipinski definition) is 5. The summed E-state index contributed by atoms with van der Waals surface area (Å²) in [5, 5.41) is 9.85. The predicted octanol–water partition coefficient (Wildman–Crippen LogP) is 5.01. The van der Waals surface area contributed by atoms with E-state index in [-0.39, 0.29) is 11.7 Å². The van der Waals surface area contributed by atoms with Crippen LogP contribution in [0, 0.1) is 5.82 Å². The van der Waals surface area contributed by atoms with Crippen LogP contribution in [0.4, 0.5) is 10.2 Å². The van der Waals surface area contributed by atoms with Gasteiger partial charge in [0.05, 0.1) is 17.1 Å². The fourth-order valence-electron chi connectivity index (χ4n) is 5.53. The molecular weight excluding hydrogens is 431 g/mol. The van der Waals surface area contributed by atoms with E-state index in [1.54, 1.807) is 12.3 Å². The van der Waals surface area contributed by atoms with E-state index in [1.807, 2.05) is 24.7 Å². The minimum Gasteiger partial charge on any atom is -0.482 e. The van der Waals surface area contributed by atoms with Crippen LogP contribution in [0.5, 0.6) is 5.75 Å². The summed E-state index contributed by atoms with van der Waals surface area (Å²) in [5.74, 6) is 0.589. The van der Waals surface area contributed by atoms with Gasteiger partial charge >= 0.3 is 0 Å². The average molecular weight is 459 g/mol. The van der Waals surface area contributed by atoms with Crippen LogP contribution in [0.15, 0.2) is 36.7 Å². The Morgan fingerprint density at radius 2 is 2.06 bits per heavy atom. The monoisotopic (exact) mass is 458 g/mol. The second-order valence-electron chi connectivity index (χ2n) is 9.18. The number of nitrogens with zero attached hydrogens (tertiary/aromatic N) is 5. The van der Waals surface area contributed by atoms with Crippen LogP contribution in [-0.4, -0.2) is 24.5 Å². The molecule has 2 bridgehead atoms. The van der Waals surface area contributed by atoms with Gasteiger partial charge in [0.1, 0.15) is 11.9 Å². The van der Waals surface area contributed by atoms with Crippen molar-refractivity contribution in [3.05, 3.63) is 64.9 Å². The van der Waals surface area contributed by atoms with E-state index in [0.717, 1.165) is 65.1 Å². The third kappa shape index (κ3) is 3.12. The molecule has 4 aromatic rings. The quantitative estimate of drug-likeness (QED) is 0.434. The van der Waals surface area contributed by atoms with E-state index >= 15 is 0 Å². The molecule has 2 N–H and O–H groups in total. The summed E-state index contributed by atoms with van der Waals surface area (Å²) in [4.78, 5) is 4.46. The number of aryl methyl sites for hydroxylation is 3. The van der Waals surface area contributed by atoms with E-state index in [9.17, 15) is 4.39 Å². The standard InChI is InChI=1S/C26H27FN6O/c1-4-33-25-15-10-22(26(28)29-12-15)34-14(2)19-11-16(27)8-9-18(19)24-20(13-32(3)31-24)17-6-5-7-21(30-33)23(17)25/h8-14,17H,4-7H2,1-3H3,(H2,28,29)/t14-,17-/m1/s1. The second kappa shape index (κ2) is 7.68. The molecule has 174 valence electrons. The highest BCUT2D eigenvalue weighted by molar-refractivity contribution is 5.74. The lowest BCUT2D eigenvalue weighted by molar-refractivity contribution is 0.227. The fourth-order valence-corrected chi connectivity index (χ4v) is 5.53. The molecule has 2 aliphatic rings. The molecule has 34 heavy (non-hydrogen) atoms. The number of benzene rings is 1. The molecule has 0 unspecified atom stereocenters. The number of ether oxygens (including phenoxy) is 1. The van der Waals surface area contributed by atoms with Crippen LogP contribution in [0.25, 0.3) is 22.5 Å². The van der Waals surface area contributed by atoms with Crippen LogP contribution < -0.4 is 10.5 Å². The van der Waals surface area contributed by atoms with E-state index in [2.05, 4.69) is 22.8 Å². The van der Waals surface area contributed by atoms with Crippen molar-refractivity contribution >= 4 is 5.82 Å². The molecule has 1 aromatic carbocycles. The Kier molecular flexibility index (Phi) is 4.72. The van der Waals surface area contributed by atoms with E-state index in [1.165, 1.54) is 17.7 Å². The number of hydrogen-bond donors (Lipinski definition) is 1. The molecule has 1 aliphatic heterocycles. The van der Waals surface area contributed by atoms with Crippen LogP contribution in [-0.2, 0) is 20.0 Å². The van der Waals surface area contributed by atoms with Crippen LogP contribution in [0.2, 0.25) is 0 Å². The summed E-state index contributed by atoms with van der Waals surface area (Å²) in [6, 6.07) is 6.77. The smallest absolute Gasteiger partial charge is 0.166 e. The molecule has 4 heterocycles. The zero-order chi connectivity index (χ0) is 23.6. The topological polar surface area (TPSA) is 83.8 Å². The zero-order valence-corrected chi connectivity index (χ0v) is 19.5. The normalized spacial score (nSPS) is 18.7. The van der Waals surface area contributed by atoms with Gasteiger partial charge in [-0.05, 0) is 57.4 Å². The maximum atomic E-state index is 14.4. The van der Waals surface area contributed by atoms with Crippen molar-refractivity contribution in [2.24, 2.45) is 7.05 Å². The number of aromatic nitrogens is 5. The Balaban J connectivity index is 1.72. The van der Waals surface area contributed by atoms with Crippen LogP contribution in [0.3, 0.4) is 0 Å². The first-order chi connectivity index (χ1) is 16.4. The third-order valence-corrected chi connectivity index (χ3v) is 7.02. The van der Waals surface area contributed by atoms with Gasteiger partial charge in [-0.25, -0.2) is 9.37 Å². The van der Waals surface area contributed by atoms with Crippen molar-refractivity contribution in [3.8, 4) is 28.3 Å². The second-order valence-corrected chi connectivity index (χ2v) is 9.18. The van der Waals surface area contributed by atoms with Crippen molar-refractivity contribution in [2.45, 2.75) is 51.7 Å². The lowest BCUT2D eigenvalue weighted by atomic mass is 9.79. The first-order valence-corrected chi connectivity index (χ1v) is 11.8. The SMILES string of the molecule is CCn1nc2c3c1-c1cnc(N)c(c1)O[C@H](C)c1cc(F)ccc1-c1nn(C)cc1[C@H]3CCC2. The number of nitrogen functional groups attached to an aromatic ring is 1. The number of pyridine rings is 1. The van der Waals surface area contributed by atoms with Gasteiger partial charge in [0, 0.05) is 59.7 Å². The molecule has 0 spiro atoms. The van der Waals surface area contributed by atoms with Gasteiger partial charge in [-0.3, -0.25) is 9.36 Å². The van der Waals surface area contributed by atoms with E-state index < -0.39 is 6.10 Å². The summed E-state index contributed by atoms with van der Waals surface area (Å²) in [6.45, 7) is 4.75. The van der Waals surface area contributed by atoms with Gasteiger partial charge in [0.15, 0.2) is 11.6 Å². The highest BCUT2D eigenvalue weighted by atomic mass is 19.1. The summed E-state index contributed by atoms with van der Waals surface area (Å²) < 4.78 is 24.6. The number of rotatable bonds is 1. The molecule has 0 amide bonds. The van der Waals surface area contributed by atoms with Crippen molar-refractivity contribution < 1.29 is 9.13 Å². The number of nitrogens with two attached hydrogens (primary N) is 1. The van der Waals surface area contributed by atoms with E-state index in [4.69, 9.17) is 20.7 Å². The Bertz CT molecular complexity index is 1420. The van der Waals surface area contributed by atoms with Gasteiger partial charge in [-0.1, -0.05) is 0 Å². The first-order valence-electron chi connectivity index (χ1n) is 11.8. The third-order valence-electron chi connectivity index (χ3n) is 7.02. The fraction of sp³-hybridized carbons (Fsp3) is 0.346. The maximum Gasteiger partial charge on any atom is 0.166 e. The largest absolute Gasteiger partial charge is 0.482 e. The van der Waals surface area contributed by atoms with Gasteiger partial charge in [-0.2, -0.15) is 10.2 Å². The highest BCUT2D eigenvalue weighted by Gasteiger charge is 2.34. The zero-order valence-electron chi connectivity index (χ0n) is 19.5. The molecule has 2 atom stereocenters. The first kappa shape index (κ1) is 20.9. The van der Waals surface area contributed by atoms with Gasteiger partial charge < -0.3 is 10.5 Å². The summed E-state index contributed by atoms with van der Waals surface area (Å²) in [6.07, 6.45) is 6.41. The van der Waals surface area contributed by atoms with Gasteiger partial charge in [-0.15, -0.1) is 0 Å². The van der Waals surface area contributed by atoms with Gasteiger partial charge in [0.25, 0.3) is 0 Å². The predicted molar refractivity (Wildman–Crippen MR) is 128 cm³/mol. The number of halogens is 1. The van der Waals surface area contributed by atoms with Crippen molar-refractivity contribution in [1.82, 2.24) is 24.5 Å². The number of anilines is 1. The van der Waals surface area contributed by atoms with Crippen molar-refractivity contribution in [3.63, 3.8) is 0 Å². The number of fused-ring (bicyclic) bond motifs is 7. The van der Waals surface area contributed by atoms with Crippen molar-refractivity contribution in [1.29, 1.82) is 0 Å². The van der Waals surface area contributed by atoms with Crippen LogP contribution >= 0.6 is 0 Å². The minimum atomic E-state index is -0.461. The molecule has 1 aliphatic carbocycles. The molecule has 0 saturated carbocycles. The summed E-state index contributed by atoms with van der Waals surface area (Å²) in [7, 11) is 1.93. The Morgan fingerprint density at radius 3 is 2.88 bits per heavy atom. The average Bonchev–Trinajstić information content (AvgIpc) is 3.40. The van der Waals surface area contributed by atoms with Crippen LogP contribution in [0.1, 0.15) is 61.1 Å².